The molecule has 145 valence electrons. The number of hydrogen-bond donors (Lipinski definition) is 0. The van der Waals surface area contributed by atoms with Crippen LogP contribution < -0.4 is 0 Å². The molecule has 0 fully saturated rings. The molecule has 0 spiro atoms. The molecular formula is C22H33Cl2SiTi-2. The molecule has 0 saturated carbocycles. The first-order valence-corrected chi connectivity index (χ1v) is 16.4. The van der Waals surface area contributed by atoms with Gasteiger partial charge >= 0.3 is 35.6 Å². The molecule has 2 aromatic rings. The van der Waals surface area contributed by atoms with Crippen molar-refractivity contribution in [1.29, 1.82) is 0 Å². The molecule has 26 heavy (non-hydrogen) atoms. The zero-order valence-corrected chi connectivity index (χ0v) is 21.0. The number of halogens is 2. The Labute approximate surface area is 180 Å². The average molecular weight is 444 g/mol. The molecule has 0 heterocycles. The van der Waals surface area contributed by atoms with Gasteiger partial charge in [0.25, 0.3) is 0 Å². The van der Waals surface area contributed by atoms with Crippen molar-refractivity contribution in [2.45, 2.75) is 78.3 Å². The summed E-state index contributed by atoms with van der Waals surface area (Å²) in [7, 11) is 10.5. The third-order valence-electron chi connectivity index (χ3n) is 4.72. The molecule has 0 unspecified atom stereocenters. The molecule has 0 saturated heterocycles. The summed E-state index contributed by atoms with van der Waals surface area (Å²) in [6.45, 7) is 8.80. The normalized spacial score (nSPS) is 14.2. The van der Waals surface area contributed by atoms with E-state index in [1.807, 2.05) is 0 Å². The van der Waals surface area contributed by atoms with Crippen LogP contribution in [-0.2, 0) is 42.7 Å². The zero-order valence-electron chi connectivity index (χ0n) is 16.8. The Morgan fingerprint density at radius 3 is 1.38 bits per heavy atom. The van der Waals surface area contributed by atoms with Crippen molar-refractivity contribution in [2.75, 3.05) is 0 Å². The van der Waals surface area contributed by atoms with E-state index in [-0.39, 0.29) is 0 Å². The van der Waals surface area contributed by atoms with Crippen LogP contribution in [0.1, 0.15) is 59.1 Å². The van der Waals surface area contributed by atoms with Crippen LogP contribution in [0.2, 0.25) is 13.1 Å². The molecule has 2 aromatic carbocycles. The van der Waals surface area contributed by atoms with Gasteiger partial charge in [-0.2, -0.15) is 45.5 Å². The molecule has 0 atom stereocenters. The standard InChI is InChI=1S/2C10H13.C2H7Si.2ClH.Ti/c2*1-8-6-9-4-2-3-5-10(9)7-8;1-3-2;;;/h2*6-7H,2-5H2,1H3;3H,1-2H3;2*1H;/q2*-1;;;;+2/p-2. The first kappa shape index (κ1) is 24.2. The second kappa shape index (κ2) is 14.2. The second-order valence-corrected chi connectivity index (χ2v) is 11.0. The molecule has 2 aliphatic carbocycles. The Kier molecular flexibility index (Phi) is 13.3. The van der Waals surface area contributed by atoms with E-state index < -0.39 is 17.0 Å². The van der Waals surface area contributed by atoms with E-state index in [4.69, 9.17) is 18.6 Å². The van der Waals surface area contributed by atoms with Gasteiger partial charge < -0.3 is 0 Å². The van der Waals surface area contributed by atoms with Crippen LogP contribution in [-0.4, -0.2) is 9.52 Å². The summed E-state index contributed by atoms with van der Waals surface area (Å²) in [5, 5.41) is 0. The first-order valence-electron chi connectivity index (χ1n) is 9.76. The fraction of sp³-hybridized carbons (Fsp3) is 0.545. The number of hydrogen-bond acceptors (Lipinski definition) is 0. The maximum atomic E-state index is 4.89. The van der Waals surface area contributed by atoms with Crippen molar-refractivity contribution >= 4 is 28.1 Å². The first-order chi connectivity index (χ1) is 12.5. The van der Waals surface area contributed by atoms with E-state index in [0.717, 1.165) is 9.52 Å². The van der Waals surface area contributed by atoms with Crippen LogP contribution in [0.15, 0.2) is 24.3 Å². The van der Waals surface area contributed by atoms with Crippen LogP contribution in [0.3, 0.4) is 0 Å². The summed E-state index contributed by atoms with van der Waals surface area (Å²) in [6, 6.07) is 9.37. The van der Waals surface area contributed by atoms with Gasteiger partial charge in [-0.05, 0) is 0 Å². The third kappa shape index (κ3) is 8.93. The molecular weight excluding hydrogens is 411 g/mol. The number of rotatable bonds is 0. The van der Waals surface area contributed by atoms with Gasteiger partial charge in [0, 0.05) is 9.52 Å². The molecule has 0 aliphatic heterocycles. The zero-order chi connectivity index (χ0) is 19.4. The Bertz CT molecular complexity index is 514. The van der Waals surface area contributed by atoms with E-state index in [2.05, 4.69) is 51.2 Å². The van der Waals surface area contributed by atoms with E-state index in [9.17, 15) is 0 Å². The van der Waals surface area contributed by atoms with Crippen molar-refractivity contribution in [3.63, 3.8) is 0 Å². The van der Waals surface area contributed by atoms with Gasteiger partial charge in [-0.1, -0.05) is 78.3 Å². The molecule has 0 nitrogen and oxygen atoms in total. The topological polar surface area (TPSA) is 0 Å². The Morgan fingerprint density at radius 2 is 1.08 bits per heavy atom. The predicted octanol–water partition coefficient (Wildman–Crippen LogP) is 7.08. The number of fused-ring (bicyclic) bond motifs is 2. The van der Waals surface area contributed by atoms with Gasteiger partial charge in [0.15, 0.2) is 0 Å². The minimum absolute atomic E-state index is 0.556. The van der Waals surface area contributed by atoms with Crippen molar-refractivity contribution in [3.05, 3.63) is 57.6 Å². The average Bonchev–Trinajstić information content (AvgIpc) is 3.17. The van der Waals surface area contributed by atoms with Crippen LogP contribution in [0, 0.1) is 13.8 Å². The molecule has 4 rings (SSSR count). The fourth-order valence-electron chi connectivity index (χ4n) is 3.75. The molecule has 2 aliphatic rings. The summed E-state index contributed by atoms with van der Waals surface area (Å²) in [5.41, 5.74) is 9.36. The van der Waals surface area contributed by atoms with Gasteiger partial charge in [-0.3, -0.25) is 0 Å². The fourth-order valence-corrected chi connectivity index (χ4v) is 3.75. The molecule has 0 N–H and O–H groups in total. The van der Waals surface area contributed by atoms with E-state index in [1.165, 1.54) is 62.5 Å². The summed E-state index contributed by atoms with van der Waals surface area (Å²) in [5.74, 6) is 0. The van der Waals surface area contributed by atoms with Crippen molar-refractivity contribution in [1.82, 2.24) is 0 Å². The SMILES string of the molecule is C[SiH]C.Cc1cc2c([cH-]1)CCCC2.Cc1cc2c([cH-]1)CCCC2.[Cl][Ti][Cl]. The maximum absolute atomic E-state index is 4.89. The Morgan fingerprint density at radius 1 is 0.769 bits per heavy atom. The quantitative estimate of drug-likeness (QED) is 0.301. The van der Waals surface area contributed by atoms with Gasteiger partial charge in [0.1, 0.15) is 0 Å². The minimum atomic E-state index is -0.556. The third-order valence-corrected chi connectivity index (χ3v) is 4.72. The Hall–Kier alpha value is 0.211. The van der Waals surface area contributed by atoms with Crippen molar-refractivity contribution < 1.29 is 17.0 Å². The van der Waals surface area contributed by atoms with Crippen LogP contribution in [0.25, 0.3) is 0 Å². The van der Waals surface area contributed by atoms with Gasteiger partial charge in [0.05, 0.1) is 0 Å². The monoisotopic (exact) mass is 443 g/mol. The summed E-state index contributed by atoms with van der Waals surface area (Å²) in [4.78, 5) is 0. The van der Waals surface area contributed by atoms with Gasteiger partial charge in [-0.15, -0.1) is 0 Å². The summed E-state index contributed by atoms with van der Waals surface area (Å²) < 4.78 is 0. The molecule has 4 heteroatoms. The predicted molar refractivity (Wildman–Crippen MR) is 117 cm³/mol. The Balaban J connectivity index is 0.000000201. The van der Waals surface area contributed by atoms with Crippen LogP contribution in [0.4, 0.5) is 0 Å². The molecule has 0 aromatic heterocycles. The van der Waals surface area contributed by atoms with Gasteiger partial charge in [-0.25, -0.2) is 12.1 Å². The molecule has 1 radical (unpaired) electrons. The van der Waals surface area contributed by atoms with E-state index >= 15 is 0 Å². The van der Waals surface area contributed by atoms with E-state index in [0.29, 0.717) is 0 Å². The summed E-state index contributed by atoms with van der Waals surface area (Å²) in [6.07, 6.45) is 10.9. The molecule has 0 bridgehead atoms. The van der Waals surface area contributed by atoms with Crippen molar-refractivity contribution in [3.8, 4) is 0 Å². The van der Waals surface area contributed by atoms with Crippen LogP contribution in [0.5, 0.6) is 0 Å². The second-order valence-electron chi connectivity index (χ2n) is 7.23. The van der Waals surface area contributed by atoms with Gasteiger partial charge in [0.2, 0.25) is 0 Å². The van der Waals surface area contributed by atoms with Crippen LogP contribution >= 0.6 is 18.6 Å². The molecule has 0 amide bonds. The number of aryl methyl sites for hydroxylation is 6. The summed E-state index contributed by atoms with van der Waals surface area (Å²) >= 11 is -0.556. The van der Waals surface area contributed by atoms with E-state index in [1.54, 1.807) is 22.3 Å². The van der Waals surface area contributed by atoms with Crippen molar-refractivity contribution in [2.24, 2.45) is 0 Å².